The zero-order chi connectivity index (χ0) is 22.8. The number of carbonyl (C=O) groups is 1. The van der Waals surface area contributed by atoms with E-state index in [4.69, 9.17) is 4.74 Å². The highest BCUT2D eigenvalue weighted by Gasteiger charge is 2.42. The number of hydrogen-bond acceptors (Lipinski definition) is 4. The first kappa shape index (κ1) is 27.9. The fourth-order valence-electron chi connectivity index (χ4n) is 4.11. The Bertz CT molecular complexity index is 732. The number of amides is 1. The minimum atomic E-state index is 0. The van der Waals surface area contributed by atoms with Crippen LogP contribution in [0.15, 0.2) is 35.3 Å². The Morgan fingerprint density at radius 3 is 2.52 bits per heavy atom. The van der Waals surface area contributed by atoms with Crippen molar-refractivity contribution in [2.24, 2.45) is 10.4 Å². The van der Waals surface area contributed by atoms with Crippen LogP contribution in [-0.2, 0) is 16.1 Å². The van der Waals surface area contributed by atoms with Crippen molar-refractivity contribution in [3.05, 3.63) is 35.9 Å². The summed E-state index contributed by atoms with van der Waals surface area (Å²) in [6.45, 7) is 7.82. The molecule has 1 aromatic rings. The van der Waals surface area contributed by atoms with Crippen molar-refractivity contribution in [2.45, 2.75) is 51.6 Å². The maximum absolute atomic E-state index is 12.1. The van der Waals surface area contributed by atoms with E-state index in [9.17, 15) is 4.79 Å². The summed E-state index contributed by atoms with van der Waals surface area (Å²) in [5.74, 6) is 0.783. The van der Waals surface area contributed by atoms with Gasteiger partial charge in [0.15, 0.2) is 5.96 Å². The van der Waals surface area contributed by atoms with Crippen molar-refractivity contribution in [1.82, 2.24) is 20.4 Å². The van der Waals surface area contributed by atoms with Gasteiger partial charge in [0.1, 0.15) is 6.54 Å². The van der Waals surface area contributed by atoms with Crippen LogP contribution in [0.3, 0.4) is 0 Å². The van der Waals surface area contributed by atoms with Crippen LogP contribution >= 0.6 is 24.0 Å². The molecular weight excluding hydrogens is 529 g/mol. The number of benzene rings is 1. The predicted octanol–water partition coefficient (Wildman–Crippen LogP) is 3.10. The van der Waals surface area contributed by atoms with Gasteiger partial charge in [0.2, 0.25) is 5.91 Å². The Morgan fingerprint density at radius 2 is 1.91 bits per heavy atom. The monoisotopic (exact) mass is 571 g/mol. The second-order valence-electron chi connectivity index (χ2n) is 9.43. The maximum atomic E-state index is 12.1. The lowest BCUT2D eigenvalue weighted by molar-refractivity contribution is -0.127. The number of likely N-dealkylation sites (tertiary alicyclic amines) is 1. The minimum Gasteiger partial charge on any atom is -0.382 e. The molecule has 33 heavy (non-hydrogen) atoms. The molecule has 0 spiro atoms. The smallest absolute Gasteiger partial charge is 0.243 e. The lowest BCUT2D eigenvalue weighted by Crippen LogP contribution is -2.49. The van der Waals surface area contributed by atoms with Gasteiger partial charge >= 0.3 is 0 Å². The summed E-state index contributed by atoms with van der Waals surface area (Å²) in [7, 11) is 3.54. The molecule has 1 saturated heterocycles. The summed E-state index contributed by atoms with van der Waals surface area (Å²) >= 11 is 0. The maximum Gasteiger partial charge on any atom is 0.243 e. The molecule has 0 unspecified atom stereocenters. The van der Waals surface area contributed by atoms with Crippen LogP contribution in [0.1, 0.15) is 44.6 Å². The third-order valence-corrected chi connectivity index (χ3v) is 6.62. The Labute approximate surface area is 216 Å². The van der Waals surface area contributed by atoms with Crippen LogP contribution < -0.4 is 10.6 Å². The lowest BCUT2D eigenvalue weighted by atomic mass is 10.0. The lowest BCUT2D eigenvalue weighted by Gasteiger charge is -2.33. The molecule has 1 amide bonds. The van der Waals surface area contributed by atoms with Gasteiger partial charge in [0.05, 0.1) is 0 Å². The fourth-order valence-corrected chi connectivity index (χ4v) is 4.11. The highest BCUT2D eigenvalue weighted by Crippen LogP contribution is 2.48. The Kier molecular flexibility index (Phi) is 11.9. The van der Waals surface area contributed by atoms with E-state index in [1.165, 1.54) is 18.4 Å². The normalized spacial score (nSPS) is 18.3. The Hall–Kier alpha value is -1.39. The number of rotatable bonds is 11. The molecule has 8 heteroatoms. The van der Waals surface area contributed by atoms with Crippen molar-refractivity contribution >= 4 is 35.8 Å². The molecular formula is C25H42IN5O2. The van der Waals surface area contributed by atoms with Gasteiger partial charge in [-0.15, -0.1) is 24.0 Å². The topological polar surface area (TPSA) is 69.2 Å². The van der Waals surface area contributed by atoms with Crippen LogP contribution in [0.5, 0.6) is 0 Å². The van der Waals surface area contributed by atoms with Crippen molar-refractivity contribution in [3.8, 4) is 0 Å². The number of nitrogens with one attached hydrogen (secondary N) is 2. The summed E-state index contributed by atoms with van der Waals surface area (Å²) < 4.78 is 5.57. The first-order valence-corrected chi connectivity index (χ1v) is 12.1. The van der Waals surface area contributed by atoms with Crippen LogP contribution in [-0.4, -0.2) is 81.2 Å². The first-order valence-electron chi connectivity index (χ1n) is 12.1. The standard InChI is InChI=1S/C25H41N5O2.HI/c1-4-32-17-14-25(12-13-25)20-27-24(26-18-23(31)29(2)3)28-22-10-15-30(16-11-22)19-21-8-6-5-7-9-21;/h5-9,22H,4,10-20H2,1-3H3,(H2,26,27,28);1H. The zero-order valence-electron chi connectivity index (χ0n) is 20.5. The van der Waals surface area contributed by atoms with E-state index < -0.39 is 0 Å². The average Bonchev–Trinajstić information content (AvgIpc) is 3.57. The SMILES string of the molecule is CCOCCC1(CNC(=NCC(=O)N(C)C)NC2CCN(Cc3ccccc3)CC2)CC1.I. The number of nitrogens with zero attached hydrogens (tertiary/aromatic N) is 3. The van der Waals surface area contributed by atoms with E-state index in [0.29, 0.717) is 11.5 Å². The number of aliphatic imine (C=N–C) groups is 1. The quantitative estimate of drug-likeness (QED) is 0.185. The molecule has 1 aliphatic heterocycles. The number of halogens is 1. The van der Waals surface area contributed by atoms with Crippen molar-refractivity contribution < 1.29 is 9.53 Å². The molecule has 7 nitrogen and oxygen atoms in total. The van der Waals surface area contributed by atoms with E-state index in [1.54, 1.807) is 19.0 Å². The van der Waals surface area contributed by atoms with Gasteiger partial charge in [0.25, 0.3) is 0 Å². The molecule has 3 rings (SSSR count). The summed E-state index contributed by atoms with van der Waals surface area (Å²) in [4.78, 5) is 20.8. The number of likely N-dealkylation sites (N-methyl/N-ethyl adjacent to an activating group) is 1. The van der Waals surface area contributed by atoms with Crippen molar-refractivity contribution in [2.75, 3.05) is 53.5 Å². The molecule has 1 aromatic carbocycles. The molecule has 186 valence electrons. The van der Waals surface area contributed by atoms with Gasteiger partial charge < -0.3 is 20.3 Å². The summed E-state index contributed by atoms with van der Waals surface area (Å²) in [5, 5.41) is 7.15. The molecule has 1 saturated carbocycles. The minimum absolute atomic E-state index is 0. The summed E-state index contributed by atoms with van der Waals surface area (Å²) in [6, 6.07) is 11.0. The number of carbonyl (C=O) groups excluding carboxylic acids is 1. The fraction of sp³-hybridized carbons (Fsp3) is 0.680. The van der Waals surface area contributed by atoms with E-state index in [2.05, 4.69) is 50.9 Å². The molecule has 1 aliphatic carbocycles. The van der Waals surface area contributed by atoms with Gasteiger partial charge in [-0.2, -0.15) is 0 Å². The molecule has 2 aliphatic rings. The van der Waals surface area contributed by atoms with Crippen molar-refractivity contribution in [3.63, 3.8) is 0 Å². The average molecular weight is 572 g/mol. The third-order valence-electron chi connectivity index (χ3n) is 6.62. The Morgan fingerprint density at radius 1 is 1.21 bits per heavy atom. The predicted molar refractivity (Wildman–Crippen MR) is 145 cm³/mol. The third kappa shape index (κ3) is 9.78. The number of guanidine groups is 1. The van der Waals surface area contributed by atoms with Crippen LogP contribution in [0.2, 0.25) is 0 Å². The van der Waals surface area contributed by atoms with E-state index in [0.717, 1.165) is 64.6 Å². The van der Waals surface area contributed by atoms with Gasteiger partial charge in [-0.3, -0.25) is 9.69 Å². The number of ether oxygens (including phenoxy) is 1. The van der Waals surface area contributed by atoms with Crippen LogP contribution in [0.25, 0.3) is 0 Å². The van der Waals surface area contributed by atoms with Gasteiger partial charge in [-0.25, -0.2) is 4.99 Å². The second kappa shape index (κ2) is 14.1. The van der Waals surface area contributed by atoms with E-state index >= 15 is 0 Å². The zero-order valence-corrected chi connectivity index (χ0v) is 22.8. The van der Waals surface area contributed by atoms with Crippen LogP contribution in [0.4, 0.5) is 0 Å². The molecule has 0 bridgehead atoms. The van der Waals surface area contributed by atoms with Crippen LogP contribution in [0, 0.1) is 5.41 Å². The number of piperidine rings is 1. The Balaban J connectivity index is 0.00000385. The summed E-state index contributed by atoms with van der Waals surface area (Å²) in [5.41, 5.74) is 1.69. The molecule has 0 radical (unpaired) electrons. The molecule has 0 aromatic heterocycles. The molecule has 2 fully saturated rings. The second-order valence-corrected chi connectivity index (χ2v) is 9.43. The molecule has 1 heterocycles. The highest BCUT2D eigenvalue weighted by atomic mass is 127. The summed E-state index contributed by atoms with van der Waals surface area (Å²) in [6.07, 6.45) is 5.69. The highest BCUT2D eigenvalue weighted by molar-refractivity contribution is 14.0. The van der Waals surface area contributed by atoms with E-state index in [-0.39, 0.29) is 36.4 Å². The molecule has 0 atom stereocenters. The van der Waals surface area contributed by atoms with Gasteiger partial charge in [-0.1, -0.05) is 30.3 Å². The molecule has 2 N–H and O–H groups in total. The number of hydrogen-bond donors (Lipinski definition) is 2. The van der Waals surface area contributed by atoms with Gasteiger partial charge in [0, 0.05) is 59.5 Å². The van der Waals surface area contributed by atoms with E-state index in [1.807, 2.05) is 6.92 Å². The van der Waals surface area contributed by atoms with Gasteiger partial charge in [-0.05, 0) is 50.0 Å². The van der Waals surface area contributed by atoms with Crippen molar-refractivity contribution in [1.29, 1.82) is 0 Å². The first-order chi connectivity index (χ1) is 15.5. The largest absolute Gasteiger partial charge is 0.382 e.